The van der Waals surface area contributed by atoms with Crippen LogP contribution < -0.4 is 18.9 Å². The number of hydrogen-bond acceptors (Lipinski definition) is 4. The summed E-state index contributed by atoms with van der Waals surface area (Å²) < 4.78 is 22.6. The van der Waals surface area contributed by atoms with Crippen molar-refractivity contribution in [3.8, 4) is 23.0 Å². The maximum Gasteiger partial charge on any atom is 0.207 e. The Balaban J connectivity index is 3.16. The molecule has 4 heteroatoms. The SMILES string of the molecule is CCCCCCc1cc(OCC)c(OC)c(OC)c1OCC. The Bertz CT molecular complexity index is 443. The molecule has 0 heterocycles. The van der Waals surface area contributed by atoms with Crippen LogP contribution in [-0.2, 0) is 6.42 Å². The Labute approximate surface area is 134 Å². The maximum atomic E-state index is 5.83. The molecule has 0 N–H and O–H groups in total. The molecule has 0 atom stereocenters. The molecule has 0 unspecified atom stereocenters. The first-order valence-electron chi connectivity index (χ1n) is 8.26. The van der Waals surface area contributed by atoms with Crippen molar-refractivity contribution < 1.29 is 18.9 Å². The van der Waals surface area contributed by atoms with E-state index in [0.29, 0.717) is 24.7 Å². The first-order chi connectivity index (χ1) is 10.7. The van der Waals surface area contributed by atoms with Crippen LogP contribution in [0.4, 0.5) is 0 Å². The van der Waals surface area contributed by atoms with Gasteiger partial charge in [0, 0.05) is 5.56 Å². The van der Waals surface area contributed by atoms with Crippen LogP contribution in [0.25, 0.3) is 0 Å². The normalized spacial score (nSPS) is 10.4. The van der Waals surface area contributed by atoms with E-state index in [0.717, 1.165) is 29.9 Å². The summed E-state index contributed by atoms with van der Waals surface area (Å²) >= 11 is 0. The van der Waals surface area contributed by atoms with Crippen molar-refractivity contribution >= 4 is 0 Å². The first-order valence-corrected chi connectivity index (χ1v) is 8.26. The first kappa shape index (κ1) is 18.5. The van der Waals surface area contributed by atoms with Crippen molar-refractivity contribution in [2.75, 3.05) is 27.4 Å². The summed E-state index contributed by atoms with van der Waals surface area (Å²) in [5.41, 5.74) is 1.12. The van der Waals surface area contributed by atoms with Gasteiger partial charge in [-0.25, -0.2) is 0 Å². The van der Waals surface area contributed by atoms with Crippen molar-refractivity contribution in [1.82, 2.24) is 0 Å². The van der Waals surface area contributed by atoms with Crippen LogP contribution in [0.5, 0.6) is 23.0 Å². The second-order valence-electron chi connectivity index (χ2n) is 5.11. The van der Waals surface area contributed by atoms with E-state index in [1.54, 1.807) is 14.2 Å². The van der Waals surface area contributed by atoms with Crippen LogP contribution in [0.2, 0.25) is 0 Å². The summed E-state index contributed by atoms with van der Waals surface area (Å²) in [7, 11) is 3.26. The molecular formula is C18H30O4. The Morgan fingerprint density at radius 1 is 0.773 bits per heavy atom. The molecule has 0 bridgehead atoms. The lowest BCUT2D eigenvalue weighted by molar-refractivity contribution is 0.274. The minimum atomic E-state index is 0.586. The fourth-order valence-electron chi connectivity index (χ4n) is 2.52. The van der Waals surface area contributed by atoms with Gasteiger partial charge in [-0.1, -0.05) is 26.2 Å². The van der Waals surface area contributed by atoms with Crippen LogP contribution in [0.3, 0.4) is 0 Å². The highest BCUT2D eigenvalue weighted by Gasteiger charge is 2.21. The molecule has 1 aromatic carbocycles. The maximum absolute atomic E-state index is 5.83. The molecule has 0 spiro atoms. The molecule has 4 nitrogen and oxygen atoms in total. The lowest BCUT2D eigenvalue weighted by Gasteiger charge is -2.20. The molecule has 126 valence electrons. The zero-order valence-electron chi connectivity index (χ0n) is 14.7. The number of ether oxygens (including phenoxy) is 4. The summed E-state index contributed by atoms with van der Waals surface area (Å²) in [6, 6.07) is 2.03. The van der Waals surface area contributed by atoms with Gasteiger partial charge in [-0.05, 0) is 32.8 Å². The van der Waals surface area contributed by atoms with Crippen molar-refractivity contribution in [3.63, 3.8) is 0 Å². The van der Waals surface area contributed by atoms with E-state index in [1.165, 1.54) is 19.3 Å². The standard InChI is InChI=1S/C18H30O4/c1-6-9-10-11-12-14-13-15(21-7-2)17(19-4)18(20-5)16(14)22-8-3/h13H,6-12H2,1-5H3. The van der Waals surface area contributed by atoms with Gasteiger partial charge in [-0.15, -0.1) is 0 Å². The molecule has 0 aliphatic rings. The molecule has 0 aliphatic carbocycles. The highest BCUT2D eigenvalue weighted by Crippen LogP contribution is 2.47. The largest absolute Gasteiger partial charge is 0.490 e. The van der Waals surface area contributed by atoms with E-state index < -0.39 is 0 Å². The highest BCUT2D eigenvalue weighted by molar-refractivity contribution is 5.63. The third-order valence-electron chi connectivity index (χ3n) is 3.53. The molecule has 0 radical (unpaired) electrons. The van der Waals surface area contributed by atoms with E-state index in [1.807, 2.05) is 19.9 Å². The summed E-state index contributed by atoms with van der Waals surface area (Å²) in [5, 5.41) is 0. The third-order valence-corrected chi connectivity index (χ3v) is 3.53. The molecular weight excluding hydrogens is 280 g/mol. The molecule has 0 fully saturated rings. The highest BCUT2D eigenvalue weighted by atomic mass is 16.5. The number of aryl methyl sites for hydroxylation is 1. The average molecular weight is 310 g/mol. The van der Waals surface area contributed by atoms with E-state index in [9.17, 15) is 0 Å². The molecule has 0 aromatic heterocycles. The second kappa shape index (κ2) is 10.2. The van der Waals surface area contributed by atoms with Gasteiger partial charge >= 0.3 is 0 Å². The predicted molar refractivity (Wildman–Crippen MR) is 89.7 cm³/mol. The quantitative estimate of drug-likeness (QED) is 0.559. The molecule has 22 heavy (non-hydrogen) atoms. The van der Waals surface area contributed by atoms with Gasteiger partial charge < -0.3 is 18.9 Å². The molecule has 0 saturated carbocycles. The Kier molecular flexibility index (Phi) is 8.56. The van der Waals surface area contributed by atoms with Gasteiger partial charge in [-0.3, -0.25) is 0 Å². The number of unbranched alkanes of at least 4 members (excludes halogenated alkanes) is 3. The molecule has 0 amide bonds. The number of hydrogen-bond donors (Lipinski definition) is 0. The van der Waals surface area contributed by atoms with Gasteiger partial charge in [0.15, 0.2) is 11.5 Å². The zero-order chi connectivity index (χ0) is 16.4. The van der Waals surface area contributed by atoms with E-state index in [4.69, 9.17) is 18.9 Å². The topological polar surface area (TPSA) is 36.9 Å². The van der Waals surface area contributed by atoms with Crippen LogP contribution in [0.1, 0.15) is 52.0 Å². The van der Waals surface area contributed by atoms with E-state index >= 15 is 0 Å². The van der Waals surface area contributed by atoms with Crippen molar-refractivity contribution in [1.29, 1.82) is 0 Å². The summed E-state index contributed by atoms with van der Waals surface area (Å²) in [4.78, 5) is 0. The van der Waals surface area contributed by atoms with Crippen molar-refractivity contribution in [2.24, 2.45) is 0 Å². The summed E-state index contributed by atoms with van der Waals surface area (Å²) in [6.45, 7) is 7.33. The lowest BCUT2D eigenvalue weighted by atomic mass is 10.0. The number of benzene rings is 1. The lowest BCUT2D eigenvalue weighted by Crippen LogP contribution is -2.05. The van der Waals surface area contributed by atoms with E-state index in [-0.39, 0.29) is 0 Å². The van der Waals surface area contributed by atoms with Crippen LogP contribution in [0.15, 0.2) is 6.07 Å². The molecule has 0 aliphatic heterocycles. The Morgan fingerprint density at radius 2 is 1.45 bits per heavy atom. The van der Waals surface area contributed by atoms with Crippen molar-refractivity contribution in [3.05, 3.63) is 11.6 Å². The zero-order valence-corrected chi connectivity index (χ0v) is 14.7. The Morgan fingerprint density at radius 3 is 2.00 bits per heavy atom. The molecule has 1 rings (SSSR count). The average Bonchev–Trinajstić information content (AvgIpc) is 2.53. The fraction of sp³-hybridized carbons (Fsp3) is 0.667. The van der Waals surface area contributed by atoms with Gasteiger partial charge in [0.2, 0.25) is 11.5 Å². The third kappa shape index (κ3) is 4.72. The summed E-state index contributed by atoms with van der Waals surface area (Å²) in [5.74, 6) is 2.73. The van der Waals surface area contributed by atoms with Crippen LogP contribution in [0, 0.1) is 0 Å². The minimum Gasteiger partial charge on any atom is -0.490 e. The summed E-state index contributed by atoms with van der Waals surface area (Å²) in [6.07, 6.45) is 5.80. The minimum absolute atomic E-state index is 0.586. The second-order valence-corrected chi connectivity index (χ2v) is 5.11. The molecule has 0 saturated heterocycles. The van der Waals surface area contributed by atoms with Crippen molar-refractivity contribution in [2.45, 2.75) is 52.9 Å². The van der Waals surface area contributed by atoms with Gasteiger partial charge in [0.05, 0.1) is 27.4 Å². The predicted octanol–water partition coefficient (Wildman–Crippen LogP) is 4.62. The van der Waals surface area contributed by atoms with Gasteiger partial charge in [0.25, 0.3) is 0 Å². The number of methoxy groups -OCH3 is 2. The number of rotatable bonds is 11. The van der Waals surface area contributed by atoms with E-state index in [2.05, 4.69) is 6.92 Å². The monoisotopic (exact) mass is 310 g/mol. The van der Waals surface area contributed by atoms with Crippen LogP contribution in [-0.4, -0.2) is 27.4 Å². The Hall–Kier alpha value is -1.58. The fourth-order valence-corrected chi connectivity index (χ4v) is 2.52. The van der Waals surface area contributed by atoms with Gasteiger partial charge in [-0.2, -0.15) is 0 Å². The van der Waals surface area contributed by atoms with Crippen LogP contribution >= 0.6 is 0 Å². The molecule has 1 aromatic rings. The smallest absolute Gasteiger partial charge is 0.207 e. The van der Waals surface area contributed by atoms with Gasteiger partial charge in [0.1, 0.15) is 0 Å².